The third kappa shape index (κ3) is 4.44. The number of aryl methyl sites for hydroxylation is 1. The van der Waals surface area contributed by atoms with E-state index in [0.29, 0.717) is 12.2 Å². The van der Waals surface area contributed by atoms with E-state index < -0.39 is 5.97 Å². The van der Waals surface area contributed by atoms with Crippen LogP contribution in [0.3, 0.4) is 0 Å². The van der Waals surface area contributed by atoms with Crippen LogP contribution in [-0.2, 0) is 9.53 Å². The van der Waals surface area contributed by atoms with E-state index in [1.54, 1.807) is 6.08 Å². The predicted octanol–water partition coefficient (Wildman–Crippen LogP) is 4.31. The molecule has 138 valence electrons. The Morgan fingerprint density at radius 1 is 1.07 bits per heavy atom. The maximum atomic E-state index is 12.5. The minimum atomic E-state index is -0.560. The monoisotopic (exact) mass is 363 g/mol. The first-order valence-corrected chi connectivity index (χ1v) is 8.76. The maximum Gasteiger partial charge on any atom is 0.331 e. The molecule has 0 aliphatic carbocycles. The Hall–Kier alpha value is -3.34. The number of nitrogens with one attached hydrogen (secondary N) is 1. The molecule has 0 amide bonds. The molecule has 27 heavy (non-hydrogen) atoms. The van der Waals surface area contributed by atoms with Crippen LogP contribution >= 0.6 is 0 Å². The molecule has 2 aromatic carbocycles. The van der Waals surface area contributed by atoms with Crippen molar-refractivity contribution in [2.75, 3.05) is 13.2 Å². The van der Waals surface area contributed by atoms with Gasteiger partial charge in [-0.05, 0) is 43.7 Å². The van der Waals surface area contributed by atoms with Crippen molar-refractivity contribution < 1.29 is 19.1 Å². The first kappa shape index (κ1) is 18.5. The van der Waals surface area contributed by atoms with Gasteiger partial charge < -0.3 is 14.5 Å². The first-order chi connectivity index (χ1) is 13.1. The zero-order valence-corrected chi connectivity index (χ0v) is 15.3. The third-order valence-corrected chi connectivity index (χ3v) is 4.12. The Balaban J connectivity index is 1.59. The van der Waals surface area contributed by atoms with E-state index in [-0.39, 0.29) is 12.4 Å². The lowest BCUT2D eigenvalue weighted by Gasteiger charge is -2.03. The Morgan fingerprint density at radius 2 is 1.81 bits per heavy atom. The van der Waals surface area contributed by atoms with Crippen LogP contribution in [0.4, 0.5) is 0 Å². The number of aromatic nitrogens is 1. The molecule has 0 radical (unpaired) electrons. The topological polar surface area (TPSA) is 68.4 Å². The number of ketones is 1. The van der Waals surface area contributed by atoms with Crippen molar-refractivity contribution in [3.05, 3.63) is 71.4 Å². The standard InChI is InChI=1S/C22H21NO4/c1-3-26-17-11-8-16(9-12-17)10-13-21(25)27-14-20(24)22-15(2)23-19-7-5-4-6-18(19)22/h4-13,23H,3,14H2,1-2H3/b13-10+. The lowest BCUT2D eigenvalue weighted by Crippen LogP contribution is -2.13. The van der Waals surface area contributed by atoms with Gasteiger partial charge in [-0.3, -0.25) is 4.79 Å². The molecule has 0 aliphatic rings. The Kier molecular flexibility index (Phi) is 5.71. The average molecular weight is 363 g/mol. The van der Waals surface area contributed by atoms with E-state index in [9.17, 15) is 9.59 Å². The fraction of sp³-hybridized carbons (Fsp3) is 0.182. The Labute approximate surface area is 157 Å². The molecule has 0 unspecified atom stereocenters. The van der Waals surface area contributed by atoms with Crippen LogP contribution in [-0.4, -0.2) is 30.0 Å². The molecule has 0 fully saturated rings. The number of carbonyl (C=O) groups is 2. The number of fused-ring (bicyclic) bond motifs is 1. The number of hydrogen-bond acceptors (Lipinski definition) is 4. The number of hydrogen-bond donors (Lipinski definition) is 1. The zero-order chi connectivity index (χ0) is 19.2. The molecule has 0 spiro atoms. The molecule has 0 atom stereocenters. The highest BCUT2D eigenvalue weighted by Gasteiger charge is 2.16. The van der Waals surface area contributed by atoms with E-state index in [2.05, 4.69) is 4.98 Å². The highest BCUT2D eigenvalue weighted by molar-refractivity contribution is 6.10. The van der Waals surface area contributed by atoms with Gasteiger partial charge in [0.1, 0.15) is 5.75 Å². The number of H-pyrrole nitrogens is 1. The van der Waals surface area contributed by atoms with Crippen molar-refractivity contribution in [1.29, 1.82) is 0 Å². The van der Waals surface area contributed by atoms with Gasteiger partial charge in [-0.2, -0.15) is 0 Å². The number of aromatic amines is 1. The van der Waals surface area contributed by atoms with Crippen molar-refractivity contribution in [3.8, 4) is 5.75 Å². The van der Waals surface area contributed by atoms with Crippen LogP contribution in [0.1, 0.15) is 28.5 Å². The van der Waals surface area contributed by atoms with Crippen molar-refractivity contribution in [3.63, 3.8) is 0 Å². The second-order valence-electron chi connectivity index (χ2n) is 6.04. The number of ether oxygens (including phenoxy) is 2. The summed E-state index contributed by atoms with van der Waals surface area (Å²) in [4.78, 5) is 27.6. The van der Waals surface area contributed by atoms with Crippen molar-refractivity contribution >= 4 is 28.7 Å². The molecule has 5 nitrogen and oxygen atoms in total. The minimum Gasteiger partial charge on any atom is -0.494 e. The Bertz CT molecular complexity index is 983. The normalized spacial score (nSPS) is 11.0. The van der Waals surface area contributed by atoms with Gasteiger partial charge in [0.2, 0.25) is 5.78 Å². The molecule has 3 aromatic rings. The van der Waals surface area contributed by atoms with Crippen LogP contribution < -0.4 is 4.74 Å². The van der Waals surface area contributed by atoms with Crippen LogP contribution in [0.15, 0.2) is 54.6 Å². The van der Waals surface area contributed by atoms with E-state index in [0.717, 1.165) is 27.9 Å². The summed E-state index contributed by atoms with van der Waals surface area (Å²) in [6.07, 6.45) is 2.95. The second-order valence-corrected chi connectivity index (χ2v) is 6.04. The summed E-state index contributed by atoms with van der Waals surface area (Å²) in [5, 5.41) is 0.834. The third-order valence-electron chi connectivity index (χ3n) is 4.12. The summed E-state index contributed by atoms with van der Waals surface area (Å²) in [5.41, 5.74) is 3.06. The molecule has 1 heterocycles. The molecule has 0 bridgehead atoms. The molecule has 5 heteroatoms. The van der Waals surface area contributed by atoms with Gasteiger partial charge in [-0.15, -0.1) is 0 Å². The number of rotatable bonds is 7. The van der Waals surface area contributed by atoms with E-state index in [1.165, 1.54) is 6.08 Å². The molecule has 1 N–H and O–H groups in total. The molecule has 0 saturated carbocycles. The lowest BCUT2D eigenvalue weighted by atomic mass is 10.1. The van der Waals surface area contributed by atoms with Crippen molar-refractivity contribution in [1.82, 2.24) is 4.98 Å². The van der Waals surface area contributed by atoms with Gasteiger partial charge in [-0.1, -0.05) is 30.3 Å². The predicted molar refractivity (Wildman–Crippen MR) is 105 cm³/mol. The molecule has 0 aliphatic heterocycles. The highest BCUT2D eigenvalue weighted by atomic mass is 16.5. The summed E-state index contributed by atoms with van der Waals surface area (Å²) in [6, 6.07) is 14.9. The number of esters is 1. The van der Waals surface area contributed by atoms with Gasteiger partial charge in [0.25, 0.3) is 0 Å². The molecular formula is C22H21NO4. The smallest absolute Gasteiger partial charge is 0.331 e. The fourth-order valence-electron chi connectivity index (χ4n) is 2.90. The van der Waals surface area contributed by atoms with Gasteiger partial charge in [0.05, 0.1) is 6.61 Å². The van der Waals surface area contributed by atoms with Crippen LogP contribution in [0.25, 0.3) is 17.0 Å². The largest absolute Gasteiger partial charge is 0.494 e. The van der Waals surface area contributed by atoms with Crippen LogP contribution in [0.2, 0.25) is 0 Å². The number of Topliss-reactive ketones (excluding diaryl/α,β-unsaturated/α-hetero) is 1. The van der Waals surface area contributed by atoms with Crippen molar-refractivity contribution in [2.45, 2.75) is 13.8 Å². The van der Waals surface area contributed by atoms with E-state index in [1.807, 2.05) is 62.4 Å². The molecule has 1 aromatic heterocycles. The summed E-state index contributed by atoms with van der Waals surface area (Å²) in [5.74, 6) is -0.0144. The summed E-state index contributed by atoms with van der Waals surface area (Å²) < 4.78 is 10.5. The summed E-state index contributed by atoms with van der Waals surface area (Å²) in [7, 11) is 0. The molecule has 0 saturated heterocycles. The van der Waals surface area contributed by atoms with Crippen LogP contribution in [0.5, 0.6) is 5.75 Å². The quantitative estimate of drug-likeness (QED) is 0.386. The number of carbonyl (C=O) groups excluding carboxylic acids is 2. The van der Waals surface area contributed by atoms with Gasteiger partial charge in [0.15, 0.2) is 6.61 Å². The Morgan fingerprint density at radius 3 is 2.56 bits per heavy atom. The first-order valence-electron chi connectivity index (χ1n) is 8.76. The number of para-hydroxylation sites is 1. The fourth-order valence-corrected chi connectivity index (χ4v) is 2.90. The van der Waals surface area contributed by atoms with E-state index >= 15 is 0 Å². The van der Waals surface area contributed by atoms with E-state index in [4.69, 9.17) is 9.47 Å². The van der Waals surface area contributed by atoms with Crippen LogP contribution in [0, 0.1) is 6.92 Å². The molecule has 3 rings (SSSR count). The SMILES string of the molecule is CCOc1ccc(/C=C/C(=O)OCC(=O)c2c(C)[nH]c3ccccc23)cc1. The minimum absolute atomic E-state index is 0.229. The average Bonchev–Trinajstić information content (AvgIpc) is 3.01. The molecular weight excluding hydrogens is 342 g/mol. The maximum absolute atomic E-state index is 12.5. The lowest BCUT2D eigenvalue weighted by molar-refractivity contribution is -0.136. The highest BCUT2D eigenvalue weighted by Crippen LogP contribution is 2.22. The summed E-state index contributed by atoms with van der Waals surface area (Å²) >= 11 is 0. The number of benzene rings is 2. The zero-order valence-electron chi connectivity index (χ0n) is 15.3. The van der Waals surface area contributed by atoms with Gasteiger partial charge >= 0.3 is 5.97 Å². The summed E-state index contributed by atoms with van der Waals surface area (Å²) in [6.45, 7) is 4.06. The van der Waals surface area contributed by atoms with Crippen molar-refractivity contribution in [2.24, 2.45) is 0 Å². The van der Waals surface area contributed by atoms with Gasteiger partial charge in [0, 0.05) is 28.2 Å². The van der Waals surface area contributed by atoms with Gasteiger partial charge in [-0.25, -0.2) is 4.79 Å². The second kappa shape index (κ2) is 8.36.